The van der Waals surface area contributed by atoms with Gasteiger partial charge in [-0.1, -0.05) is 6.92 Å². The molecule has 0 saturated carbocycles. The molecule has 9 heteroatoms. The number of hydrogen-bond acceptors (Lipinski definition) is 6. The van der Waals surface area contributed by atoms with Crippen LogP contribution in [0, 0.1) is 0 Å². The lowest BCUT2D eigenvalue weighted by molar-refractivity contribution is -0.529. The molecule has 23 heavy (non-hydrogen) atoms. The number of thioether (sulfide) groups is 1. The minimum Gasteiger partial charge on any atom is -0.465 e. The molecule has 0 bridgehead atoms. The summed E-state index contributed by atoms with van der Waals surface area (Å²) in [4.78, 5) is 42.9. The van der Waals surface area contributed by atoms with Gasteiger partial charge in [0.05, 0.1) is 13.2 Å². The summed E-state index contributed by atoms with van der Waals surface area (Å²) in [5.74, 6) is -0.0950. The van der Waals surface area contributed by atoms with Crippen LogP contribution >= 0.6 is 11.8 Å². The van der Waals surface area contributed by atoms with E-state index in [4.69, 9.17) is 4.74 Å². The third kappa shape index (κ3) is 3.24. The average molecular weight is 341 g/mol. The molecule has 3 amide bonds. The number of aliphatic imine (C=N–C) groups is 1. The Morgan fingerprint density at radius 2 is 2.00 bits per heavy atom. The average Bonchev–Trinajstić information content (AvgIpc) is 2.92. The number of esters is 1. The molecule has 0 radical (unpaired) electrons. The summed E-state index contributed by atoms with van der Waals surface area (Å²) in [6.45, 7) is 4.77. The molecular weight excluding hydrogens is 320 g/mol. The van der Waals surface area contributed by atoms with Crippen molar-refractivity contribution in [2.24, 2.45) is 4.99 Å². The Morgan fingerprint density at radius 1 is 1.30 bits per heavy atom. The van der Waals surface area contributed by atoms with Crippen molar-refractivity contribution in [3.05, 3.63) is 0 Å². The molecule has 2 heterocycles. The normalized spacial score (nSPS) is 20.9. The van der Waals surface area contributed by atoms with Crippen LogP contribution in [-0.2, 0) is 14.3 Å². The van der Waals surface area contributed by atoms with E-state index >= 15 is 0 Å². The topological polar surface area (TPSA) is 82.3 Å². The molecule has 2 aliphatic heterocycles. The molecule has 1 atom stereocenters. The van der Waals surface area contributed by atoms with Crippen LogP contribution in [0.1, 0.15) is 20.3 Å². The Bertz CT molecular complexity index is 602. The zero-order valence-electron chi connectivity index (χ0n) is 13.7. The number of hydrogen-bond donors (Lipinski definition) is 0. The van der Waals surface area contributed by atoms with E-state index in [1.807, 2.05) is 13.8 Å². The molecule has 1 unspecified atom stereocenters. The lowest BCUT2D eigenvalue weighted by Gasteiger charge is -2.30. The monoisotopic (exact) mass is 341 g/mol. The van der Waals surface area contributed by atoms with Crippen LogP contribution in [0.15, 0.2) is 4.99 Å². The maximum atomic E-state index is 12.4. The van der Waals surface area contributed by atoms with Crippen LogP contribution in [0.3, 0.4) is 0 Å². The summed E-state index contributed by atoms with van der Waals surface area (Å²) in [6.07, 6.45) is 0.770. The van der Waals surface area contributed by atoms with Gasteiger partial charge >= 0.3 is 17.2 Å². The van der Waals surface area contributed by atoms with E-state index in [2.05, 4.69) is 4.99 Å². The Morgan fingerprint density at radius 3 is 2.61 bits per heavy atom. The van der Waals surface area contributed by atoms with Gasteiger partial charge in [-0.3, -0.25) is 19.4 Å². The summed E-state index contributed by atoms with van der Waals surface area (Å²) in [5, 5.41) is 0.559. The van der Waals surface area contributed by atoms with E-state index in [1.54, 1.807) is 11.6 Å². The Labute approximate surface area is 139 Å². The molecule has 0 aromatic carbocycles. The third-order valence-corrected chi connectivity index (χ3v) is 4.59. The number of amides is 3. The fourth-order valence-electron chi connectivity index (χ4n) is 2.39. The first-order valence-corrected chi connectivity index (χ1v) is 8.46. The fraction of sp³-hybridized carbons (Fsp3) is 0.643. The zero-order valence-corrected chi connectivity index (χ0v) is 14.6. The minimum absolute atomic E-state index is 0.122. The molecule has 0 spiro atoms. The first-order chi connectivity index (χ1) is 10.9. The van der Waals surface area contributed by atoms with E-state index in [1.165, 1.54) is 23.7 Å². The van der Waals surface area contributed by atoms with Crippen LogP contribution in [0.2, 0.25) is 0 Å². The lowest BCUT2D eigenvalue weighted by atomic mass is 10.1. The highest BCUT2D eigenvalue weighted by Gasteiger charge is 2.52. The number of imide groups is 1. The zero-order chi connectivity index (χ0) is 17.1. The van der Waals surface area contributed by atoms with Gasteiger partial charge in [0, 0.05) is 14.1 Å². The summed E-state index contributed by atoms with van der Waals surface area (Å²) in [6, 6.07) is -1.02. The van der Waals surface area contributed by atoms with E-state index in [0.717, 1.165) is 11.3 Å². The van der Waals surface area contributed by atoms with Crippen molar-refractivity contribution in [3.63, 3.8) is 0 Å². The van der Waals surface area contributed by atoms with E-state index in [-0.39, 0.29) is 17.6 Å². The van der Waals surface area contributed by atoms with Gasteiger partial charge in [-0.05, 0) is 30.1 Å². The second-order valence-corrected chi connectivity index (χ2v) is 6.13. The van der Waals surface area contributed by atoms with Crippen molar-refractivity contribution >= 4 is 40.7 Å². The van der Waals surface area contributed by atoms with E-state index in [0.29, 0.717) is 24.2 Å². The van der Waals surface area contributed by atoms with Crippen LogP contribution in [-0.4, -0.2) is 82.3 Å². The van der Waals surface area contributed by atoms with Gasteiger partial charge in [-0.15, -0.1) is 0 Å². The molecular formula is C14H21N4O4S+. The minimum atomic E-state index is -0.609. The van der Waals surface area contributed by atoms with Crippen molar-refractivity contribution in [1.29, 1.82) is 0 Å². The molecule has 0 aromatic rings. The number of carbonyl (C=O) groups excluding carboxylic acids is 3. The lowest BCUT2D eigenvalue weighted by Crippen LogP contribution is -2.61. The third-order valence-electron chi connectivity index (χ3n) is 3.62. The van der Waals surface area contributed by atoms with Crippen LogP contribution < -0.4 is 0 Å². The molecule has 126 valence electrons. The maximum absolute atomic E-state index is 12.4. The summed E-state index contributed by atoms with van der Waals surface area (Å²) < 4.78 is 6.84. The van der Waals surface area contributed by atoms with Crippen LogP contribution in [0.5, 0.6) is 0 Å². The standard InChI is InChI=1S/C14H21N4O4S/c1-5-7-22-9(19)8-23-13-15-11-10(18(13)6-2)12(20)17(4)14(21)16(11)3/h10H,5-8H2,1-4H3/q+1. The van der Waals surface area contributed by atoms with Crippen molar-refractivity contribution in [2.75, 3.05) is 33.0 Å². The molecule has 1 fully saturated rings. The quantitative estimate of drug-likeness (QED) is 0.533. The first-order valence-electron chi connectivity index (χ1n) is 7.48. The predicted molar refractivity (Wildman–Crippen MR) is 86.7 cm³/mol. The number of carbonyl (C=O) groups is 3. The van der Waals surface area contributed by atoms with Crippen molar-refractivity contribution in [2.45, 2.75) is 26.3 Å². The SMILES string of the molecule is CCCOC(=O)CSC1=[N+](CC)C2C(=O)N(C)C(=O)N(C)C2=N1. The van der Waals surface area contributed by atoms with E-state index in [9.17, 15) is 14.4 Å². The smallest absolute Gasteiger partial charge is 0.358 e. The number of urea groups is 1. The number of fused-ring (bicyclic) bond motifs is 1. The molecule has 2 rings (SSSR count). The molecule has 0 aromatic heterocycles. The second kappa shape index (κ2) is 7.12. The van der Waals surface area contributed by atoms with Crippen LogP contribution in [0.4, 0.5) is 4.79 Å². The van der Waals surface area contributed by atoms with Gasteiger partial charge in [0.15, 0.2) is 0 Å². The maximum Gasteiger partial charge on any atom is 0.358 e. The number of amidine groups is 2. The summed E-state index contributed by atoms with van der Waals surface area (Å²) in [7, 11) is 3.05. The summed E-state index contributed by atoms with van der Waals surface area (Å²) >= 11 is 1.22. The number of likely N-dealkylation sites (N-methyl/N-ethyl adjacent to an activating group) is 3. The largest absolute Gasteiger partial charge is 0.465 e. The van der Waals surface area contributed by atoms with Gasteiger partial charge in [0.1, 0.15) is 5.75 Å². The highest BCUT2D eigenvalue weighted by atomic mass is 32.2. The fourth-order valence-corrected chi connectivity index (χ4v) is 3.28. The molecule has 1 saturated heterocycles. The van der Waals surface area contributed by atoms with Gasteiger partial charge < -0.3 is 4.74 Å². The molecule has 0 aliphatic carbocycles. The first kappa shape index (κ1) is 17.5. The van der Waals surface area contributed by atoms with Crippen molar-refractivity contribution in [3.8, 4) is 0 Å². The predicted octanol–water partition coefficient (Wildman–Crippen LogP) is 0.366. The van der Waals surface area contributed by atoms with Crippen molar-refractivity contribution in [1.82, 2.24) is 9.80 Å². The van der Waals surface area contributed by atoms with Crippen molar-refractivity contribution < 1.29 is 23.7 Å². The van der Waals surface area contributed by atoms with Crippen LogP contribution in [0.25, 0.3) is 0 Å². The van der Waals surface area contributed by atoms with Gasteiger partial charge in [-0.25, -0.2) is 9.37 Å². The Balaban J connectivity index is 2.18. The second-order valence-electron chi connectivity index (χ2n) is 5.19. The highest BCUT2D eigenvalue weighted by Crippen LogP contribution is 2.22. The highest BCUT2D eigenvalue weighted by molar-refractivity contribution is 8.14. The van der Waals surface area contributed by atoms with E-state index < -0.39 is 12.1 Å². The Kier molecular flexibility index (Phi) is 5.40. The summed E-state index contributed by atoms with van der Waals surface area (Å²) in [5.41, 5.74) is 0. The number of rotatable bonds is 5. The number of ether oxygens (including phenoxy) is 1. The molecule has 0 N–H and O–H groups in total. The van der Waals surface area contributed by atoms with Gasteiger partial charge in [0.2, 0.25) is 0 Å². The Hall–Kier alpha value is -1.90. The van der Waals surface area contributed by atoms with Gasteiger partial charge in [0.25, 0.3) is 17.8 Å². The molecule has 2 aliphatic rings. The number of nitrogens with zero attached hydrogens (tertiary/aromatic N) is 4. The molecule has 8 nitrogen and oxygen atoms in total. The van der Waals surface area contributed by atoms with Gasteiger partial charge in [-0.2, -0.15) is 0 Å².